The van der Waals surface area contributed by atoms with Crippen LogP contribution >= 0.6 is 11.6 Å². The molecule has 2 aromatic rings. The van der Waals surface area contributed by atoms with Crippen LogP contribution in [0.4, 0.5) is 5.69 Å². The highest BCUT2D eigenvalue weighted by molar-refractivity contribution is 6.33. The first-order chi connectivity index (χ1) is 12.2. The molecule has 1 N–H and O–H groups in total. The van der Waals surface area contributed by atoms with E-state index in [0.29, 0.717) is 36.3 Å². The molecule has 4 rings (SSSR count). The number of anilines is 1. The summed E-state index contributed by atoms with van der Waals surface area (Å²) in [4.78, 5) is 12.5. The van der Waals surface area contributed by atoms with Gasteiger partial charge in [0.05, 0.1) is 10.7 Å². The number of carbonyl (C=O) groups is 1. The van der Waals surface area contributed by atoms with Gasteiger partial charge < -0.3 is 14.8 Å². The number of carbonyl (C=O) groups excluding carboxylic acids is 1. The molecule has 0 bridgehead atoms. The molecule has 0 saturated heterocycles. The number of halogens is 1. The quantitative estimate of drug-likeness (QED) is 0.848. The van der Waals surface area contributed by atoms with Crippen molar-refractivity contribution >= 4 is 23.2 Å². The highest BCUT2D eigenvalue weighted by Crippen LogP contribution is 2.46. The molecule has 1 atom stereocenters. The lowest BCUT2D eigenvalue weighted by atomic mass is 9.90. The van der Waals surface area contributed by atoms with Crippen LogP contribution in [-0.2, 0) is 4.79 Å². The molecule has 25 heavy (non-hydrogen) atoms. The van der Waals surface area contributed by atoms with Crippen molar-refractivity contribution in [2.24, 2.45) is 5.92 Å². The van der Waals surface area contributed by atoms with Crippen LogP contribution in [0.25, 0.3) is 0 Å². The van der Waals surface area contributed by atoms with Crippen LogP contribution in [0.15, 0.2) is 42.5 Å². The van der Waals surface area contributed by atoms with Gasteiger partial charge in [0.15, 0.2) is 11.5 Å². The summed E-state index contributed by atoms with van der Waals surface area (Å²) in [6.45, 7) is 1.15. The molecule has 1 heterocycles. The Bertz CT molecular complexity index is 788. The molecular weight excluding hydrogens is 338 g/mol. The Hall–Kier alpha value is -2.20. The van der Waals surface area contributed by atoms with Gasteiger partial charge in [0.25, 0.3) is 0 Å². The van der Waals surface area contributed by atoms with E-state index >= 15 is 0 Å². The van der Waals surface area contributed by atoms with Gasteiger partial charge in [-0.25, -0.2) is 0 Å². The van der Waals surface area contributed by atoms with E-state index < -0.39 is 0 Å². The van der Waals surface area contributed by atoms with Gasteiger partial charge in [0.1, 0.15) is 13.2 Å². The Kier molecular flexibility index (Phi) is 4.53. The minimum absolute atomic E-state index is 0.0140. The first-order valence-corrected chi connectivity index (χ1v) is 9.02. The predicted octanol–water partition coefficient (Wildman–Crippen LogP) is 4.63. The lowest BCUT2D eigenvalue weighted by molar-refractivity contribution is -0.116. The molecule has 4 nitrogen and oxygen atoms in total. The number of benzene rings is 2. The van der Waals surface area contributed by atoms with Crippen molar-refractivity contribution in [1.82, 2.24) is 0 Å². The number of hydrogen-bond donors (Lipinski definition) is 1. The first kappa shape index (κ1) is 16.3. The molecule has 0 aromatic heterocycles. The van der Waals surface area contributed by atoms with Gasteiger partial charge in [0.2, 0.25) is 5.91 Å². The molecule has 1 unspecified atom stereocenters. The lowest BCUT2D eigenvalue weighted by Crippen LogP contribution is -2.18. The van der Waals surface area contributed by atoms with E-state index in [2.05, 4.69) is 11.4 Å². The Balaban J connectivity index is 1.50. The van der Waals surface area contributed by atoms with Gasteiger partial charge in [-0.2, -0.15) is 0 Å². The Morgan fingerprint density at radius 3 is 2.64 bits per heavy atom. The number of amides is 1. The summed E-state index contributed by atoms with van der Waals surface area (Å²) in [7, 11) is 0. The van der Waals surface area contributed by atoms with Crippen molar-refractivity contribution in [1.29, 1.82) is 0 Å². The molecule has 0 spiro atoms. The molecule has 1 aliphatic carbocycles. The van der Waals surface area contributed by atoms with Crippen molar-refractivity contribution in [3.63, 3.8) is 0 Å². The second kappa shape index (κ2) is 6.96. The van der Waals surface area contributed by atoms with Gasteiger partial charge in [-0.15, -0.1) is 0 Å². The highest BCUT2D eigenvalue weighted by atomic mass is 35.5. The van der Waals surface area contributed by atoms with E-state index in [1.54, 1.807) is 6.07 Å². The van der Waals surface area contributed by atoms with E-state index in [4.69, 9.17) is 21.1 Å². The molecule has 1 fully saturated rings. The molecule has 5 heteroatoms. The molecule has 2 aromatic carbocycles. The second-order valence-corrected chi connectivity index (χ2v) is 6.99. The van der Waals surface area contributed by atoms with Crippen molar-refractivity contribution in [3.05, 3.63) is 53.1 Å². The molecule has 130 valence electrons. The van der Waals surface area contributed by atoms with E-state index in [1.807, 2.05) is 30.3 Å². The third-order valence-electron chi connectivity index (χ3n) is 4.74. The molecule has 2 aliphatic rings. The van der Waals surface area contributed by atoms with Crippen molar-refractivity contribution in [2.75, 3.05) is 18.5 Å². The zero-order valence-corrected chi connectivity index (χ0v) is 14.6. The third-order valence-corrected chi connectivity index (χ3v) is 5.07. The van der Waals surface area contributed by atoms with Crippen molar-refractivity contribution in [2.45, 2.75) is 25.2 Å². The van der Waals surface area contributed by atoms with Crippen LogP contribution in [-0.4, -0.2) is 19.1 Å². The zero-order valence-electron chi connectivity index (χ0n) is 13.8. The largest absolute Gasteiger partial charge is 0.486 e. The second-order valence-electron chi connectivity index (χ2n) is 6.58. The maximum absolute atomic E-state index is 12.5. The number of fused-ring (bicyclic) bond motifs is 1. The van der Waals surface area contributed by atoms with Crippen molar-refractivity contribution < 1.29 is 14.3 Å². The fraction of sp³-hybridized carbons (Fsp3) is 0.350. The average Bonchev–Trinajstić information content (AvgIpc) is 3.46. The van der Waals surface area contributed by atoms with Crippen molar-refractivity contribution in [3.8, 4) is 11.5 Å². The van der Waals surface area contributed by atoms with Crippen LogP contribution in [0.3, 0.4) is 0 Å². The number of ether oxygens (including phenoxy) is 2. The minimum atomic E-state index is -0.0140. The van der Waals surface area contributed by atoms with E-state index in [-0.39, 0.29) is 11.8 Å². The van der Waals surface area contributed by atoms with E-state index in [9.17, 15) is 4.79 Å². The number of rotatable bonds is 5. The number of nitrogens with one attached hydrogen (secondary N) is 1. The zero-order chi connectivity index (χ0) is 17.2. The molecule has 0 radical (unpaired) electrons. The number of hydrogen-bond acceptors (Lipinski definition) is 3. The Morgan fingerprint density at radius 2 is 1.88 bits per heavy atom. The Morgan fingerprint density at radius 1 is 1.12 bits per heavy atom. The monoisotopic (exact) mass is 357 g/mol. The van der Waals surface area contributed by atoms with Gasteiger partial charge in [-0.05, 0) is 54.5 Å². The summed E-state index contributed by atoms with van der Waals surface area (Å²) in [6.07, 6.45) is 2.77. The summed E-state index contributed by atoms with van der Waals surface area (Å²) >= 11 is 6.13. The Labute approximate surface area is 152 Å². The summed E-state index contributed by atoms with van der Waals surface area (Å²) in [6, 6.07) is 13.3. The van der Waals surface area contributed by atoms with E-state index in [0.717, 1.165) is 17.1 Å². The lowest BCUT2D eigenvalue weighted by Gasteiger charge is -2.22. The van der Waals surface area contributed by atoms with Crippen LogP contribution in [0.5, 0.6) is 11.5 Å². The van der Waals surface area contributed by atoms with Gasteiger partial charge in [-0.3, -0.25) is 4.79 Å². The average molecular weight is 358 g/mol. The summed E-state index contributed by atoms with van der Waals surface area (Å²) in [5.41, 5.74) is 1.80. The molecule has 1 aliphatic heterocycles. The molecular formula is C20H20ClNO3. The van der Waals surface area contributed by atoms with Gasteiger partial charge in [0, 0.05) is 6.42 Å². The minimum Gasteiger partial charge on any atom is -0.486 e. The maximum atomic E-state index is 12.5. The smallest absolute Gasteiger partial charge is 0.225 e. The van der Waals surface area contributed by atoms with Crippen LogP contribution in [0.1, 0.15) is 30.7 Å². The SMILES string of the molecule is O=C(CC(c1ccc2c(c1)OCCO2)C1CC1)Nc1ccccc1Cl. The van der Waals surface area contributed by atoms with Gasteiger partial charge >= 0.3 is 0 Å². The molecule has 1 saturated carbocycles. The van der Waals surface area contributed by atoms with Crippen LogP contribution < -0.4 is 14.8 Å². The van der Waals surface area contributed by atoms with Crippen LogP contribution in [0.2, 0.25) is 5.02 Å². The fourth-order valence-corrected chi connectivity index (χ4v) is 3.49. The topological polar surface area (TPSA) is 47.6 Å². The molecule has 1 amide bonds. The predicted molar refractivity (Wildman–Crippen MR) is 97.6 cm³/mol. The summed E-state index contributed by atoms with van der Waals surface area (Å²) < 4.78 is 11.3. The fourth-order valence-electron chi connectivity index (χ4n) is 3.31. The number of para-hydroxylation sites is 1. The summed E-state index contributed by atoms with van der Waals surface area (Å²) in [5, 5.41) is 3.48. The first-order valence-electron chi connectivity index (χ1n) is 8.64. The summed E-state index contributed by atoms with van der Waals surface area (Å²) in [5.74, 6) is 2.30. The van der Waals surface area contributed by atoms with Crippen LogP contribution in [0, 0.1) is 5.92 Å². The van der Waals surface area contributed by atoms with E-state index in [1.165, 1.54) is 12.8 Å². The highest BCUT2D eigenvalue weighted by Gasteiger charge is 2.34. The maximum Gasteiger partial charge on any atom is 0.225 e. The third kappa shape index (κ3) is 3.74. The normalized spacial score (nSPS) is 17.0. The van der Waals surface area contributed by atoms with Gasteiger partial charge in [-0.1, -0.05) is 29.8 Å². The standard InChI is InChI=1S/C20H20ClNO3/c21-16-3-1-2-4-17(16)22-20(23)12-15(13-5-6-13)14-7-8-18-19(11-14)25-10-9-24-18/h1-4,7-8,11,13,15H,5-6,9-10,12H2,(H,22,23).